The van der Waals surface area contributed by atoms with Crippen LogP contribution >= 0.6 is 0 Å². The van der Waals surface area contributed by atoms with E-state index in [0.29, 0.717) is 11.5 Å². The van der Waals surface area contributed by atoms with Crippen LogP contribution in [0.5, 0.6) is 11.5 Å². The van der Waals surface area contributed by atoms with Crippen molar-refractivity contribution in [3.63, 3.8) is 0 Å². The van der Waals surface area contributed by atoms with Gasteiger partial charge in [-0.1, -0.05) is 71.3 Å². The van der Waals surface area contributed by atoms with Gasteiger partial charge in [0.2, 0.25) is 0 Å². The number of para-hydroxylation sites is 1. The van der Waals surface area contributed by atoms with E-state index in [1.54, 1.807) is 0 Å². The zero-order chi connectivity index (χ0) is 30.8. The Morgan fingerprint density at radius 3 is 2.22 bits per heavy atom. The molecule has 4 aromatic carbocycles. The number of ether oxygens (including phenoxy) is 1. The van der Waals surface area contributed by atoms with Crippen molar-refractivity contribution in [3.05, 3.63) is 121 Å². The molecule has 5 nitrogen and oxygen atoms in total. The van der Waals surface area contributed by atoms with Crippen molar-refractivity contribution in [1.29, 1.82) is 0 Å². The van der Waals surface area contributed by atoms with Crippen LogP contribution in [0.2, 0.25) is 0 Å². The number of rotatable bonds is 4. The fourth-order valence-corrected chi connectivity index (χ4v) is 5.90. The number of pyridine rings is 1. The van der Waals surface area contributed by atoms with Gasteiger partial charge in [-0.15, -0.1) is 41.4 Å². The van der Waals surface area contributed by atoms with E-state index < -0.39 is 0 Å². The summed E-state index contributed by atoms with van der Waals surface area (Å²) in [6, 6.07) is 36.6. The fraction of sp³-hybridized carbons (Fsp3) is 0.231. The zero-order valence-corrected chi connectivity index (χ0v) is 29.0. The molecule has 7 rings (SSSR count). The molecule has 0 fully saturated rings. The van der Waals surface area contributed by atoms with Gasteiger partial charge in [-0.05, 0) is 64.7 Å². The molecule has 1 aliphatic rings. The first-order valence-corrected chi connectivity index (χ1v) is 15.1. The number of hydrogen-bond acceptors (Lipinski definition) is 4. The molecule has 0 spiro atoms. The van der Waals surface area contributed by atoms with E-state index in [1.165, 1.54) is 16.8 Å². The summed E-state index contributed by atoms with van der Waals surface area (Å²) in [5.74, 6) is 2.12. The van der Waals surface area contributed by atoms with Crippen LogP contribution in [-0.4, -0.2) is 16.6 Å². The number of benzene rings is 4. The van der Waals surface area contributed by atoms with Crippen molar-refractivity contribution in [2.45, 2.75) is 52.4 Å². The maximum atomic E-state index is 6.43. The van der Waals surface area contributed by atoms with Crippen LogP contribution in [-0.2, 0) is 31.9 Å². The predicted octanol–water partition coefficient (Wildman–Crippen LogP) is 9.87. The summed E-state index contributed by atoms with van der Waals surface area (Å²) in [6.45, 7) is 15.5. The van der Waals surface area contributed by atoms with E-state index in [-0.39, 0.29) is 31.9 Å². The van der Waals surface area contributed by atoms with Gasteiger partial charge in [-0.2, -0.15) is 18.8 Å². The van der Waals surface area contributed by atoms with Gasteiger partial charge >= 0.3 is 0 Å². The molecule has 1 aliphatic heterocycles. The summed E-state index contributed by atoms with van der Waals surface area (Å²) in [5.41, 5.74) is 7.85. The number of fused-ring (bicyclic) bond motifs is 4. The number of aromatic nitrogens is 2. The van der Waals surface area contributed by atoms with Crippen molar-refractivity contribution in [2.24, 2.45) is 0 Å². The molecule has 232 valence electrons. The molecule has 6 aromatic rings. The SMILES string of the molecule is CN1[CH-]N(c2[c-]c(Oc3[c-]c4c(cc3)c3ccccc3n4-c3cc(C(C)(C)C)ccn3)ccc2)c2ccc(C(C)(C)C)cc21.[Pt]. The summed E-state index contributed by atoms with van der Waals surface area (Å²) in [6.07, 6.45) is 1.90. The average Bonchev–Trinajstić information content (AvgIpc) is 3.50. The van der Waals surface area contributed by atoms with Crippen molar-refractivity contribution >= 4 is 38.9 Å². The van der Waals surface area contributed by atoms with Crippen LogP contribution in [0.1, 0.15) is 52.7 Å². The van der Waals surface area contributed by atoms with Crippen LogP contribution in [0, 0.1) is 18.8 Å². The second-order valence-electron chi connectivity index (χ2n) is 13.6. The Morgan fingerprint density at radius 1 is 0.711 bits per heavy atom. The van der Waals surface area contributed by atoms with Crippen LogP contribution in [0.4, 0.5) is 17.1 Å². The molecule has 6 heteroatoms. The van der Waals surface area contributed by atoms with Crippen molar-refractivity contribution in [1.82, 2.24) is 9.55 Å². The molecule has 0 unspecified atom stereocenters. The van der Waals surface area contributed by atoms with E-state index in [0.717, 1.165) is 39.0 Å². The van der Waals surface area contributed by atoms with E-state index in [4.69, 9.17) is 9.72 Å². The Kier molecular flexibility index (Phi) is 7.81. The van der Waals surface area contributed by atoms with E-state index in [9.17, 15) is 0 Å². The zero-order valence-electron chi connectivity index (χ0n) is 26.8. The standard InChI is InChI=1S/C39H37N4O.Pt/c1-38(2,3)26-15-18-34-36(21-26)41(7)25-42(34)28-11-10-12-29(23-28)44-30-16-17-32-31-13-8-9-14-33(31)43(35(32)24-30)37-22-27(19-20-40-37)39(4,5)6;/h8-22,25H,1-7H3;/q-3;. The monoisotopic (exact) mass is 772 g/mol. The molecule has 0 N–H and O–H groups in total. The second-order valence-corrected chi connectivity index (χ2v) is 13.6. The minimum absolute atomic E-state index is 0. The Hall–Kier alpha value is -4.08. The van der Waals surface area contributed by atoms with Crippen molar-refractivity contribution in [3.8, 4) is 17.3 Å². The van der Waals surface area contributed by atoms with E-state index in [2.05, 4.69) is 148 Å². The maximum Gasteiger partial charge on any atom is 0.135 e. The molecule has 0 bridgehead atoms. The molecule has 0 atom stereocenters. The quantitative estimate of drug-likeness (QED) is 0.167. The number of nitrogens with zero attached hydrogens (tertiary/aromatic N) is 4. The first-order chi connectivity index (χ1) is 21.0. The Bertz CT molecular complexity index is 2030. The topological polar surface area (TPSA) is 33.5 Å². The molecule has 45 heavy (non-hydrogen) atoms. The first kappa shape index (κ1) is 30.9. The van der Waals surface area contributed by atoms with Gasteiger partial charge < -0.3 is 19.1 Å². The van der Waals surface area contributed by atoms with Gasteiger partial charge in [-0.25, -0.2) is 4.98 Å². The van der Waals surface area contributed by atoms with Gasteiger partial charge in [0, 0.05) is 55.7 Å². The normalized spacial score (nSPS) is 13.3. The summed E-state index contributed by atoms with van der Waals surface area (Å²) < 4.78 is 8.62. The summed E-state index contributed by atoms with van der Waals surface area (Å²) in [4.78, 5) is 9.11. The minimum atomic E-state index is 0. The Morgan fingerprint density at radius 2 is 1.44 bits per heavy atom. The Labute approximate surface area is 280 Å². The smallest absolute Gasteiger partial charge is 0.135 e. The third kappa shape index (κ3) is 5.64. The summed E-state index contributed by atoms with van der Waals surface area (Å²) >= 11 is 0. The van der Waals surface area contributed by atoms with Gasteiger partial charge in [0.1, 0.15) is 5.82 Å². The van der Waals surface area contributed by atoms with Crippen LogP contribution in [0.15, 0.2) is 91.1 Å². The van der Waals surface area contributed by atoms with Gasteiger partial charge in [0.05, 0.1) is 0 Å². The second kappa shape index (κ2) is 11.4. The molecule has 0 aliphatic carbocycles. The van der Waals surface area contributed by atoms with Crippen LogP contribution in [0.25, 0.3) is 27.6 Å². The van der Waals surface area contributed by atoms with Gasteiger partial charge in [0.25, 0.3) is 0 Å². The Balaban J connectivity index is 0.00000357. The summed E-state index contributed by atoms with van der Waals surface area (Å²) in [7, 11) is 2.08. The average molecular weight is 773 g/mol. The predicted molar refractivity (Wildman–Crippen MR) is 181 cm³/mol. The largest absolute Gasteiger partial charge is 0.509 e. The molecular formula is C39H37N4OPt-3. The fourth-order valence-electron chi connectivity index (χ4n) is 5.90. The van der Waals surface area contributed by atoms with Crippen LogP contribution < -0.4 is 14.5 Å². The first-order valence-electron chi connectivity index (χ1n) is 15.1. The van der Waals surface area contributed by atoms with Crippen molar-refractivity contribution in [2.75, 3.05) is 16.8 Å². The maximum absolute atomic E-state index is 6.43. The molecule has 0 radical (unpaired) electrons. The molecule has 2 aromatic heterocycles. The van der Waals surface area contributed by atoms with E-state index >= 15 is 0 Å². The minimum Gasteiger partial charge on any atom is -0.509 e. The van der Waals surface area contributed by atoms with Gasteiger partial charge in [-0.3, -0.25) is 0 Å². The number of anilines is 3. The third-order valence-corrected chi connectivity index (χ3v) is 8.40. The van der Waals surface area contributed by atoms with Gasteiger partial charge in [0.15, 0.2) is 0 Å². The number of hydrogen-bond donors (Lipinski definition) is 0. The third-order valence-electron chi connectivity index (χ3n) is 8.40. The summed E-state index contributed by atoms with van der Waals surface area (Å²) in [5, 5.41) is 2.26. The molecular weight excluding hydrogens is 736 g/mol. The van der Waals surface area contributed by atoms with Crippen molar-refractivity contribution < 1.29 is 25.8 Å². The van der Waals surface area contributed by atoms with E-state index in [1.807, 2.05) is 24.4 Å². The van der Waals surface area contributed by atoms with Crippen LogP contribution in [0.3, 0.4) is 0 Å². The molecule has 0 saturated carbocycles. The molecule has 3 heterocycles. The molecule has 0 saturated heterocycles. The molecule has 0 amide bonds.